The molecule has 1 saturated heterocycles. The number of amides is 1. The van der Waals surface area contributed by atoms with Crippen LogP contribution >= 0.6 is 11.3 Å². The van der Waals surface area contributed by atoms with E-state index in [1.807, 2.05) is 42.3 Å². The molecule has 134 valence electrons. The topological polar surface area (TPSA) is 71.0 Å². The number of carbonyl (C=O) groups is 1. The largest absolute Gasteiger partial charge is 0.346 e. The molecule has 1 fully saturated rings. The number of hydrogen-bond acceptors (Lipinski definition) is 6. The van der Waals surface area contributed by atoms with Crippen molar-refractivity contribution in [2.75, 3.05) is 18.4 Å². The highest BCUT2D eigenvalue weighted by Gasteiger charge is 2.25. The van der Waals surface area contributed by atoms with Crippen molar-refractivity contribution < 1.29 is 4.79 Å². The van der Waals surface area contributed by atoms with Gasteiger partial charge in [0.05, 0.1) is 22.0 Å². The minimum absolute atomic E-state index is 0.00490. The first kappa shape index (κ1) is 16.9. The van der Waals surface area contributed by atoms with E-state index >= 15 is 0 Å². The van der Waals surface area contributed by atoms with Crippen molar-refractivity contribution in [2.45, 2.75) is 32.7 Å². The fourth-order valence-electron chi connectivity index (χ4n) is 3.21. The van der Waals surface area contributed by atoms with Gasteiger partial charge in [0.1, 0.15) is 0 Å². The Hall–Kier alpha value is -2.54. The van der Waals surface area contributed by atoms with Gasteiger partial charge in [-0.2, -0.15) is 0 Å². The normalized spacial score (nSPS) is 15.4. The SMILES string of the molecule is Cc1csc2c(C(=O)N3CCCC3)nc(N[C@@H](C)c3ccccn3)nc12. The second-order valence-electron chi connectivity index (χ2n) is 6.61. The molecule has 0 aliphatic carbocycles. The maximum absolute atomic E-state index is 13.0. The zero-order valence-corrected chi connectivity index (χ0v) is 15.7. The van der Waals surface area contributed by atoms with Crippen LogP contribution in [0.2, 0.25) is 0 Å². The lowest BCUT2D eigenvalue weighted by Gasteiger charge is -2.17. The first-order valence-corrected chi connectivity index (χ1v) is 9.74. The Morgan fingerprint density at radius 2 is 2.08 bits per heavy atom. The van der Waals surface area contributed by atoms with Crippen LogP contribution < -0.4 is 5.32 Å². The van der Waals surface area contributed by atoms with Crippen LogP contribution in [0.4, 0.5) is 5.95 Å². The van der Waals surface area contributed by atoms with Gasteiger partial charge in [-0.05, 0) is 49.8 Å². The van der Waals surface area contributed by atoms with Crippen molar-refractivity contribution in [3.8, 4) is 0 Å². The minimum atomic E-state index is -0.0534. The Bertz CT molecular complexity index is 934. The van der Waals surface area contributed by atoms with Crippen LogP contribution in [0, 0.1) is 6.92 Å². The van der Waals surface area contributed by atoms with E-state index < -0.39 is 0 Å². The lowest BCUT2D eigenvalue weighted by Crippen LogP contribution is -2.29. The molecule has 0 spiro atoms. The first-order valence-electron chi connectivity index (χ1n) is 8.86. The summed E-state index contributed by atoms with van der Waals surface area (Å²) in [7, 11) is 0. The van der Waals surface area contributed by atoms with Crippen molar-refractivity contribution >= 4 is 33.4 Å². The number of carbonyl (C=O) groups excluding carboxylic acids is 1. The van der Waals surface area contributed by atoms with Crippen LogP contribution in [0.1, 0.15) is 47.6 Å². The highest BCUT2D eigenvalue weighted by atomic mass is 32.1. The number of anilines is 1. The molecule has 4 heterocycles. The second-order valence-corrected chi connectivity index (χ2v) is 7.49. The minimum Gasteiger partial charge on any atom is -0.346 e. The fraction of sp³-hybridized carbons (Fsp3) is 0.368. The number of fused-ring (bicyclic) bond motifs is 1. The Morgan fingerprint density at radius 1 is 1.27 bits per heavy atom. The average molecular weight is 367 g/mol. The maximum atomic E-state index is 13.0. The molecule has 1 amide bonds. The molecule has 0 aromatic carbocycles. The zero-order chi connectivity index (χ0) is 18.1. The summed E-state index contributed by atoms with van der Waals surface area (Å²) in [6.45, 7) is 5.64. The number of nitrogens with one attached hydrogen (secondary N) is 1. The molecule has 1 aliphatic heterocycles. The molecule has 0 saturated carbocycles. The molecule has 1 N–H and O–H groups in total. The zero-order valence-electron chi connectivity index (χ0n) is 14.9. The van der Waals surface area contributed by atoms with Crippen molar-refractivity contribution in [3.05, 3.63) is 46.7 Å². The predicted octanol–water partition coefficient (Wildman–Crippen LogP) is 3.80. The van der Waals surface area contributed by atoms with Crippen LogP contribution in [0.5, 0.6) is 0 Å². The third kappa shape index (κ3) is 3.14. The number of aromatic nitrogens is 3. The van der Waals surface area contributed by atoms with Crippen molar-refractivity contribution in [1.29, 1.82) is 0 Å². The van der Waals surface area contributed by atoms with Gasteiger partial charge in [0.15, 0.2) is 5.69 Å². The van der Waals surface area contributed by atoms with Crippen molar-refractivity contribution in [3.63, 3.8) is 0 Å². The summed E-state index contributed by atoms with van der Waals surface area (Å²) in [4.78, 5) is 28.5. The summed E-state index contributed by atoms with van der Waals surface area (Å²) < 4.78 is 0.871. The van der Waals surface area contributed by atoms with Crippen molar-refractivity contribution in [1.82, 2.24) is 19.9 Å². The quantitative estimate of drug-likeness (QED) is 0.759. The van der Waals surface area contributed by atoms with Crippen LogP contribution in [-0.2, 0) is 0 Å². The van der Waals surface area contributed by atoms with Gasteiger partial charge in [0.25, 0.3) is 5.91 Å². The number of likely N-dealkylation sites (tertiary alicyclic amines) is 1. The van der Waals surface area contributed by atoms with Gasteiger partial charge in [-0.1, -0.05) is 6.07 Å². The van der Waals surface area contributed by atoms with E-state index in [9.17, 15) is 4.79 Å². The van der Waals surface area contributed by atoms with E-state index in [0.29, 0.717) is 11.6 Å². The fourth-order valence-corrected chi connectivity index (χ4v) is 4.18. The first-order chi connectivity index (χ1) is 12.6. The summed E-state index contributed by atoms with van der Waals surface area (Å²) in [5.41, 5.74) is 3.33. The van der Waals surface area contributed by atoms with E-state index in [1.54, 1.807) is 6.20 Å². The smallest absolute Gasteiger partial charge is 0.274 e. The summed E-state index contributed by atoms with van der Waals surface area (Å²) in [5.74, 6) is 0.477. The predicted molar refractivity (Wildman–Crippen MR) is 104 cm³/mol. The van der Waals surface area contributed by atoms with Crippen LogP contribution in [-0.4, -0.2) is 38.8 Å². The van der Waals surface area contributed by atoms with Gasteiger partial charge in [-0.3, -0.25) is 9.78 Å². The maximum Gasteiger partial charge on any atom is 0.274 e. The summed E-state index contributed by atoms with van der Waals surface area (Å²) in [5, 5.41) is 5.34. The van der Waals surface area contributed by atoms with Crippen molar-refractivity contribution in [2.24, 2.45) is 0 Å². The second kappa shape index (κ2) is 6.99. The van der Waals surface area contributed by atoms with Gasteiger partial charge in [0.2, 0.25) is 5.95 Å². The molecule has 4 rings (SSSR count). The van der Waals surface area contributed by atoms with Gasteiger partial charge < -0.3 is 10.2 Å². The third-order valence-corrected chi connectivity index (χ3v) is 5.76. The van der Waals surface area contributed by atoms with Crippen LogP contribution in [0.3, 0.4) is 0 Å². The van der Waals surface area contributed by atoms with Gasteiger partial charge in [-0.25, -0.2) is 9.97 Å². The summed E-state index contributed by atoms with van der Waals surface area (Å²) >= 11 is 1.54. The van der Waals surface area contributed by atoms with E-state index in [4.69, 9.17) is 0 Å². The highest BCUT2D eigenvalue weighted by molar-refractivity contribution is 7.17. The highest BCUT2D eigenvalue weighted by Crippen LogP contribution is 2.29. The van der Waals surface area contributed by atoms with Gasteiger partial charge in [-0.15, -0.1) is 11.3 Å². The molecule has 6 nitrogen and oxygen atoms in total. The lowest BCUT2D eigenvalue weighted by molar-refractivity contribution is 0.0789. The number of aryl methyl sites for hydroxylation is 1. The summed E-state index contributed by atoms with van der Waals surface area (Å²) in [6, 6.07) is 5.75. The van der Waals surface area contributed by atoms with Gasteiger partial charge >= 0.3 is 0 Å². The molecule has 3 aromatic heterocycles. The molecule has 7 heteroatoms. The number of nitrogens with zero attached hydrogens (tertiary/aromatic N) is 4. The molecule has 3 aromatic rings. The standard InChI is InChI=1S/C19H21N5OS/c1-12-11-26-17-15(12)22-19(21-13(2)14-7-3-4-8-20-14)23-16(17)18(25)24-9-5-6-10-24/h3-4,7-8,11,13H,5-6,9-10H2,1-2H3,(H,21,22,23)/t13-/m0/s1. The van der Waals surface area contributed by atoms with E-state index in [1.165, 1.54) is 11.3 Å². The summed E-state index contributed by atoms with van der Waals surface area (Å²) in [6.07, 6.45) is 3.89. The van der Waals surface area contributed by atoms with Crippen LogP contribution in [0.25, 0.3) is 10.2 Å². The monoisotopic (exact) mass is 367 g/mol. The number of thiophene rings is 1. The molecule has 1 aliphatic rings. The Kier molecular flexibility index (Phi) is 4.55. The van der Waals surface area contributed by atoms with E-state index in [0.717, 1.165) is 47.4 Å². The number of pyridine rings is 1. The Labute approximate surface area is 156 Å². The Balaban J connectivity index is 1.71. The molecule has 0 radical (unpaired) electrons. The number of hydrogen-bond donors (Lipinski definition) is 1. The van der Waals surface area contributed by atoms with E-state index in [-0.39, 0.29) is 11.9 Å². The Morgan fingerprint density at radius 3 is 2.81 bits per heavy atom. The third-order valence-electron chi connectivity index (χ3n) is 4.67. The lowest BCUT2D eigenvalue weighted by atomic mass is 10.2. The molecule has 26 heavy (non-hydrogen) atoms. The number of rotatable bonds is 4. The van der Waals surface area contributed by atoms with E-state index in [2.05, 4.69) is 20.3 Å². The molecule has 1 atom stereocenters. The molecule has 0 unspecified atom stereocenters. The van der Waals surface area contributed by atoms with Gasteiger partial charge in [0, 0.05) is 19.3 Å². The molecule has 0 bridgehead atoms. The van der Waals surface area contributed by atoms with Crippen LogP contribution in [0.15, 0.2) is 29.8 Å². The average Bonchev–Trinajstić information content (AvgIpc) is 3.32. The molecular formula is C19H21N5OS. The molecular weight excluding hydrogens is 346 g/mol.